The number of rotatable bonds is 4. The van der Waals surface area contributed by atoms with Crippen molar-refractivity contribution < 1.29 is 14.6 Å². The maximum absolute atomic E-state index is 12.1. The molecule has 3 rings (SSSR count). The Labute approximate surface area is 163 Å². The van der Waals surface area contributed by atoms with Gasteiger partial charge in [0.1, 0.15) is 11.5 Å². The molecule has 0 atom stereocenters. The Bertz CT molecular complexity index is 863. The average Bonchev–Trinajstić information content (AvgIpc) is 2.92. The van der Waals surface area contributed by atoms with Gasteiger partial charge in [0.15, 0.2) is 5.17 Å². The maximum atomic E-state index is 12.1. The van der Waals surface area contributed by atoms with Crippen LogP contribution >= 0.6 is 34.4 Å². The van der Waals surface area contributed by atoms with Crippen LogP contribution < -0.4 is 10.1 Å². The van der Waals surface area contributed by atoms with Gasteiger partial charge in [0.2, 0.25) is 0 Å². The quantitative estimate of drug-likeness (QED) is 0.521. The third-order valence-corrected chi connectivity index (χ3v) is 5.07. The summed E-state index contributed by atoms with van der Waals surface area (Å²) in [5, 5.41) is 12.9. The van der Waals surface area contributed by atoms with E-state index in [1.165, 1.54) is 11.8 Å². The monoisotopic (exact) mass is 466 g/mol. The molecule has 2 N–H and O–H groups in total. The number of amidine groups is 1. The first-order valence-electron chi connectivity index (χ1n) is 7.56. The Morgan fingerprint density at radius 1 is 1.28 bits per heavy atom. The van der Waals surface area contributed by atoms with Crippen molar-refractivity contribution in [2.75, 3.05) is 6.61 Å². The number of thioether (sulfide) groups is 1. The first kappa shape index (κ1) is 17.8. The van der Waals surface area contributed by atoms with Crippen molar-refractivity contribution in [1.29, 1.82) is 0 Å². The molecule has 1 fully saturated rings. The van der Waals surface area contributed by atoms with Crippen molar-refractivity contribution >= 4 is 57.2 Å². The summed E-state index contributed by atoms with van der Waals surface area (Å²) in [6, 6.07) is 12.6. The van der Waals surface area contributed by atoms with Crippen molar-refractivity contribution in [2.45, 2.75) is 6.92 Å². The highest BCUT2D eigenvalue weighted by atomic mass is 127. The van der Waals surface area contributed by atoms with Crippen LogP contribution in [0, 0.1) is 3.57 Å². The number of phenolic OH excluding ortho intramolecular Hbond substituents is 1. The summed E-state index contributed by atoms with van der Waals surface area (Å²) in [6.45, 7) is 2.55. The topological polar surface area (TPSA) is 70.9 Å². The van der Waals surface area contributed by atoms with Gasteiger partial charge in [0, 0.05) is 0 Å². The average molecular weight is 466 g/mol. The molecule has 128 valence electrons. The number of amides is 1. The Kier molecular flexibility index (Phi) is 5.64. The number of benzene rings is 2. The lowest BCUT2D eigenvalue weighted by Crippen LogP contribution is -2.19. The molecular weight excluding hydrogens is 451 g/mol. The molecule has 0 unspecified atom stereocenters. The summed E-state index contributed by atoms with van der Waals surface area (Å²) in [6.07, 6.45) is 1.78. The maximum Gasteiger partial charge on any atom is 0.264 e. The Morgan fingerprint density at radius 3 is 2.72 bits per heavy atom. The zero-order valence-electron chi connectivity index (χ0n) is 13.3. The van der Waals surface area contributed by atoms with Gasteiger partial charge >= 0.3 is 0 Å². The van der Waals surface area contributed by atoms with E-state index in [1.54, 1.807) is 18.2 Å². The van der Waals surface area contributed by atoms with E-state index in [2.05, 4.69) is 10.3 Å². The molecular formula is C18H15IN2O3S. The summed E-state index contributed by atoms with van der Waals surface area (Å²) in [4.78, 5) is 17.1. The number of aromatic hydroxyl groups is 1. The smallest absolute Gasteiger partial charge is 0.264 e. The first-order valence-corrected chi connectivity index (χ1v) is 9.45. The number of hydrogen-bond acceptors (Lipinski definition) is 5. The van der Waals surface area contributed by atoms with Crippen LogP contribution in [0.15, 0.2) is 52.4 Å². The number of halogens is 1. The van der Waals surface area contributed by atoms with Gasteiger partial charge in [-0.05, 0) is 89.3 Å². The second-order valence-electron chi connectivity index (χ2n) is 5.12. The van der Waals surface area contributed by atoms with E-state index in [0.29, 0.717) is 16.7 Å². The van der Waals surface area contributed by atoms with E-state index in [0.717, 1.165) is 20.6 Å². The van der Waals surface area contributed by atoms with Crippen LogP contribution in [0.1, 0.15) is 12.5 Å². The second-order valence-corrected chi connectivity index (χ2v) is 7.31. The van der Waals surface area contributed by atoms with E-state index >= 15 is 0 Å². The van der Waals surface area contributed by atoms with Gasteiger partial charge in [-0.3, -0.25) is 4.79 Å². The van der Waals surface area contributed by atoms with E-state index in [-0.39, 0.29) is 11.7 Å². The third-order valence-electron chi connectivity index (χ3n) is 3.30. The SMILES string of the molecule is CCOc1ccc(N=C2NC(=O)C(=Cc3ccc(O)c(I)c3)S2)cc1. The molecule has 25 heavy (non-hydrogen) atoms. The number of phenols is 1. The van der Waals surface area contributed by atoms with Gasteiger partial charge < -0.3 is 15.2 Å². The molecule has 1 saturated heterocycles. The molecule has 0 spiro atoms. The van der Waals surface area contributed by atoms with E-state index in [1.807, 2.05) is 59.8 Å². The van der Waals surface area contributed by atoms with Gasteiger partial charge in [-0.25, -0.2) is 4.99 Å². The molecule has 1 heterocycles. The van der Waals surface area contributed by atoms with Crippen molar-refractivity contribution in [3.8, 4) is 11.5 Å². The van der Waals surface area contributed by atoms with Gasteiger partial charge in [0.25, 0.3) is 5.91 Å². The van der Waals surface area contributed by atoms with Crippen LogP contribution in [0.2, 0.25) is 0 Å². The summed E-state index contributed by atoms with van der Waals surface area (Å²) in [5.74, 6) is 0.832. The van der Waals surface area contributed by atoms with Crippen molar-refractivity contribution in [3.63, 3.8) is 0 Å². The zero-order chi connectivity index (χ0) is 17.8. The summed E-state index contributed by atoms with van der Waals surface area (Å²) in [5.41, 5.74) is 1.59. The number of nitrogens with zero attached hydrogens (tertiary/aromatic N) is 1. The Morgan fingerprint density at radius 2 is 2.04 bits per heavy atom. The van der Waals surface area contributed by atoms with Gasteiger partial charge in [-0.1, -0.05) is 6.07 Å². The van der Waals surface area contributed by atoms with Gasteiger partial charge in [-0.15, -0.1) is 0 Å². The number of hydrogen-bond donors (Lipinski definition) is 2. The summed E-state index contributed by atoms with van der Waals surface area (Å²) < 4.78 is 6.13. The predicted octanol–water partition coefficient (Wildman–Crippen LogP) is 4.29. The molecule has 0 bridgehead atoms. The minimum absolute atomic E-state index is 0.183. The lowest BCUT2D eigenvalue weighted by atomic mass is 10.2. The first-order chi connectivity index (χ1) is 12.0. The van der Waals surface area contributed by atoms with Crippen LogP contribution in [-0.2, 0) is 4.79 Å². The molecule has 0 saturated carbocycles. The predicted molar refractivity (Wildman–Crippen MR) is 109 cm³/mol. The highest BCUT2D eigenvalue weighted by molar-refractivity contribution is 14.1. The molecule has 5 nitrogen and oxygen atoms in total. The Balaban J connectivity index is 1.77. The number of ether oxygens (including phenoxy) is 1. The molecule has 0 aromatic heterocycles. The standard InChI is InChI=1S/C18H15IN2O3S/c1-2-24-13-6-4-12(5-7-13)20-18-21-17(23)16(25-18)10-11-3-8-15(22)14(19)9-11/h3-10,22H,2H2,1H3,(H,20,21,23). The van der Waals surface area contributed by atoms with Crippen molar-refractivity contribution in [2.24, 2.45) is 4.99 Å². The van der Waals surface area contributed by atoms with Crippen LogP contribution in [0.3, 0.4) is 0 Å². The highest BCUT2D eigenvalue weighted by Gasteiger charge is 2.23. The fraction of sp³-hybridized carbons (Fsp3) is 0.111. The van der Waals surface area contributed by atoms with E-state index < -0.39 is 0 Å². The lowest BCUT2D eigenvalue weighted by molar-refractivity contribution is -0.115. The highest BCUT2D eigenvalue weighted by Crippen LogP contribution is 2.30. The number of carbonyl (C=O) groups excluding carboxylic acids is 1. The van der Waals surface area contributed by atoms with Crippen molar-refractivity contribution in [3.05, 3.63) is 56.5 Å². The summed E-state index contributed by atoms with van der Waals surface area (Å²) in [7, 11) is 0. The van der Waals surface area contributed by atoms with Gasteiger partial charge in [-0.2, -0.15) is 0 Å². The third kappa shape index (κ3) is 4.55. The molecule has 0 radical (unpaired) electrons. The zero-order valence-corrected chi connectivity index (χ0v) is 16.3. The van der Waals surface area contributed by atoms with Gasteiger partial charge in [0.05, 0.1) is 20.8 Å². The number of nitrogens with one attached hydrogen (secondary N) is 1. The molecule has 1 aliphatic rings. The fourth-order valence-corrected chi connectivity index (χ4v) is 3.53. The van der Waals surface area contributed by atoms with E-state index in [4.69, 9.17) is 4.74 Å². The molecule has 7 heteroatoms. The second kappa shape index (κ2) is 7.92. The van der Waals surface area contributed by atoms with Crippen LogP contribution in [-0.4, -0.2) is 22.8 Å². The van der Waals surface area contributed by atoms with E-state index in [9.17, 15) is 9.90 Å². The molecule has 1 aliphatic heterocycles. The minimum Gasteiger partial charge on any atom is -0.507 e. The Hall–Kier alpha value is -2.00. The van der Waals surface area contributed by atoms with Crippen LogP contribution in [0.25, 0.3) is 6.08 Å². The minimum atomic E-state index is -0.183. The van der Waals surface area contributed by atoms with Crippen LogP contribution in [0.5, 0.6) is 11.5 Å². The molecule has 1 amide bonds. The molecule has 2 aromatic carbocycles. The largest absolute Gasteiger partial charge is 0.507 e. The number of aliphatic imine (C=N–C) groups is 1. The normalized spacial score (nSPS) is 17.1. The summed E-state index contributed by atoms with van der Waals surface area (Å²) >= 11 is 3.34. The van der Waals surface area contributed by atoms with Crippen molar-refractivity contribution in [1.82, 2.24) is 5.32 Å². The lowest BCUT2D eigenvalue weighted by Gasteiger charge is -2.02. The van der Waals surface area contributed by atoms with Crippen LogP contribution in [0.4, 0.5) is 5.69 Å². The molecule has 2 aromatic rings. The fourth-order valence-electron chi connectivity index (χ4n) is 2.15. The number of carbonyl (C=O) groups is 1. The molecule has 0 aliphatic carbocycles.